The lowest BCUT2D eigenvalue weighted by atomic mass is 10.0. The summed E-state index contributed by atoms with van der Waals surface area (Å²) in [5, 5.41) is 8.24. The van der Waals surface area contributed by atoms with Crippen LogP contribution in [0.1, 0.15) is 33.1 Å². The van der Waals surface area contributed by atoms with Crippen LogP contribution in [0.4, 0.5) is 0 Å². The van der Waals surface area contributed by atoms with E-state index in [0.29, 0.717) is 13.0 Å². The zero-order valence-electron chi connectivity index (χ0n) is 22.3. The Balaban J connectivity index is 1.68. The Hall–Kier alpha value is -3.41. The van der Waals surface area contributed by atoms with Crippen LogP contribution in [-0.4, -0.2) is 54.1 Å². The number of aryl methyl sites for hydroxylation is 1. The number of amides is 1. The highest BCUT2D eigenvalue weighted by Crippen LogP contribution is 2.24. The zero-order chi connectivity index (χ0) is 27.7. The first-order valence-electron chi connectivity index (χ1n) is 12.4. The number of nitrogens with zero attached hydrogens (tertiary/aromatic N) is 4. The van der Waals surface area contributed by atoms with Crippen molar-refractivity contribution in [3.05, 3.63) is 71.8 Å². The van der Waals surface area contributed by atoms with Crippen molar-refractivity contribution < 1.29 is 18.6 Å². The molecule has 3 rings (SSSR count). The number of aromatic nitrogens is 4. The molecule has 1 aromatic carbocycles. The third-order valence-electron chi connectivity index (χ3n) is 6.38. The lowest BCUT2D eigenvalue weighted by Gasteiger charge is -2.27. The van der Waals surface area contributed by atoms with Gasteiger partial charge in [-0.3, -0.25) is 13.8 Å². The molecule has 10 nitrogen and oxygen atoms in total. The molecule has 204 valence electrons. The monoisotopic (exact) mass is 541 g/mol. The molecule has 0 saturated heterocycles. The van der Waals surface area contributed by atoms with Crippen LogP contribution in [0.5, 0.6) is 0 Å². The molecule has 3 aromatic rings. The standard InChI is InChI=1S/C27H35N5O5S/c1-6-8-25(36-4)37-29-26(34)27(3,38(5)35)14-17-31-16-13-22(18-24(31)33)20-9-11-21(12-10-20)23-19-32(15-7-2)30-28-23/h7,9-13,16,18-19,25H,2,6,8,14-15,17H2,1,3-5H3,(H,29,34). The van der Waals surface area contributed by atoms with Crippen LogP contribution >= 0.6 is 0 Å². The van der Waals surface area contributed by atoms with Gasteiger partial charge in [0.15, 0.2) is 6.29 Å². The number of nitrogens with one attached hydrogen (secondary N) is 1. The normalized spacial score (nSPS) is 14.4. The van der Waals surface area contributed by atoms with E-state index in [1.165, 1.54) is 17.9 Å². The smallest absolute Gasteiger partial charge is 0.262 e. The maximum Gasteiger partial charge on any atom is 0.262 e. The van der Waals surface area contributed by atoms with Gasteiger partial charge in [0.25, 0.3) is 11.5 Å². The van der Waals surface area contributed by atoms with Gasteiger partial charge in [0, 0.05) is 55.0 Å². The van der Waals surface area contributed by atoms with E-state index in [2.05, 4.69) is 22.4 Å². The Morgan fingerprint density at radius 1 is 1.24 bits per heavy atom. The van der Waals surface area contributed by atoms with Crippen molar-refractivity contribution >= 4 is 16.7 Å². The van der Waals surface area contributed by atoms with E-state index in [4.69, 9.17) is 9.57 Å². The topological polar surface area (TPSA) is 117 Å². The summed E-state index contributed by atoms with van der Waals surface area (Å²) in [5.41, 5.74) is 5.48. The number of ether oxygens (including phenoxy) is 1. The molecule has 3 atom stereocenters. The van der Waals surface area contributed by atoms with Crippen LogP contribution in [-0.2, 0) is 38.3 Å². The molecule has 0 fully saturated rings. The quantitative estimate of drug-likeness (QED) is 0.189. The minimum absolute atomic E-state index is 0.178. The van der Waals surface area contributed by atoms with Crippen LogP contribution in [0.3, 0.4) is 0 Å². The van der Waals surface area contributed by atoms with E-state index in [0.717, 1.165) is 28.8 Å². The Labute approximate surface area is 225 Å². The van der Waals surface area contributed by atoms with E-state index in [-0.39, 0.29) is 18.5 Å². The van der Waals surface area contributed by atoms with Crippen LogP contribution in [0.15, 0.2) is 66.2 Å². The van der Waals surface area contributed by atoms with Crippen molar-refractivity contribution in [2.24, 2.45) is 0 Å². The first-order valence-corrected chi connectivity index (χ1v) is 13.9. The second-order valence-electron chi connectivity index (χ2n) is 9.08. The van der Waals surface area contributed by atoms with E-state index < -0.39 is 27.7 Å². The molecule has 1 amide bonds. The van der Waals surface area contributed by atoms with E-state index in [9.17, 15) is 13.8 Å². The van der Waals surface area contributed by atoms with Gasteiger partial charge in [0.2, 0.25) is 0 Å². The van der Waals surface area contributed by atoms with Crippen LogP contribution in [0.25, 0.3) is 22.4 Å². The maximum atomic E-state index is 12.9. The first kappa shape index (κ1) is 29.2. The summed E-state index contributed by atoms with van der Waals surface area (Å²) in [6.07, 6.45) is 7.75. The number of allylic oxidation sites excluding steroid dienone is 1. The Morgan fingerprint density at radius 3 is 2.55 bits per heavy atom. The van der Waals surface area contributed by atoms with Gasteiger partial charge >= 0.3 is 0 Å². The average Bonchev–Trinajstić information content (AvgIpc) is 3.38. The van der Waals surface area contributed by atoms with Crippen molar-refractivity contribution in [1.29, 1.82) is 0 Å². The van der Waals surface area contributed by atoms with E-state index in [1.807, 2.05) is 43.5 Å². The summed E-state index contributed by atoms with van der Waals surface area (Å²) >= 11 is 0. The molecule has 0 aliphatic rings. The summed E-state index contributed by atoms with van der Waals surface area (Å²) in [6, 6.07) is 11.1. The van der Waals surface area contributed by atoms with Gasteiger partial charge in [-0.1, -0.05) is 48.9 Å². The Bertz CT molecular complexity index is 1320. The molecular formula is C27H35N5O5S. The fraction of sp³-hybridized carbons (Fsp3) is 0.407. The molecule has 0 radical (unpaired) electrons. The van der Waals surface area contributed by atoms with Crippen molar-refractivity contribution in [3.63, 3.8) is 0 Å². The number of rotatable bonds is 14. The Morgan fingerprint density at radius 2 is 1.95 bits per heavy atom. The SMILES string of the molecule is C=CCn1cc(-c2ccc(-c3ccn(CCC(C)(C(=O)NOC(CCC)OC)S(C)=O)c(=O)c3)cc2)nn1. The molecule has 11 heteroatoms. The lowest BCUT2D eigenvalue weighted by Crippen LogP contribution is -2.49. The number of hydrogen-bond donors (Lipinski definition) is 1. The summed E-state index contributed by atoms with van der Waals surface area (Å²) in [4.78, 5) is 31.1. The highest BCUT2D eigenvalue weighted by atomic mass is 32.2. The number of hydrogen-bond acceptors (Lipinski definition) is 7. The van der Waals surface area contributed by atoms with Crippen molar-refractivity contribution in [3.8, 4) is 22.4 Å². The van der Waals surface area contributed by atoms with Gasteiger partial charge in [-0.15, -0.1) is 11.7 Å². The summed E-state index contributed by atoms with van der Waals surface area (Å²) in [5.74, 6) is -0.522. The molecule has 0 bridgehead atoms. The third-order valence-corrected chi connectivity index (χ3v) is 8.04. The molecule has 3 unspecified atom stereocenters. The maximum absolute atomic E-state index is 12.9. The van der Waals surface area contributed by atoms with Gasteiger partial charge in [-0.05, 0) is 30.5 Å². The summed E-state index contributed by atoms with van der Waals surface area (Å²) in [6.45, 7) is 8.07. The van der Waals surface area contributed by atoms with Gasteiger partial charge < -0.3 is 9.30 Å². The molecule has 0 aliphatic heterocycles. The van der Waals surface area contributed by atoms with E-state index in [1.54, 1.807) is 29.9 Å². The molecule has 38 heavy (non-hydrogen) atoms. The predicted octanol–water partition coefficient (Wildman–Crippen LogP) is 3.31. The van der Waals surface area contributed by atoms with Crippen molar-refractivity contribution in [2.45, 2.75) is 57.2 Å². The molecule has 0 aliphatic carbocycles. The van der Waals surface area contributed by atoms with Gasteiger partial charge in [-0.2, -0.15) is 0 Å². The van der Waals surface area contributed by atoms with Crippen LogP contribution < -0.4 is 11.0 Å². The fourth-order valence-electron chi connectivity index (χ4n) is 3.77. The number of pyridine rings is 1. The number of carbonyl (C=O) groups is 1. The second-order valence-corrected chi connectivity index (χ2v) is 10.9. The summed E-state index contributed by atoms with van der Waals surface area (Å²) in [7, 11) is -0.0246. The molecule has 0 spiro atoms. The predicted molar refractivity (Wildman–Crippen MR) is 147 cm³/mol. The van der Waals surface area contributed by atoms with E-state index >= 15 is 0 Å². The summed E-state index contributed by atoms with van der Waals surface area (Å²) < 4.78 is 19.6. The fourth-order valence-corrected chi connectivity index (χ4v) is 4.45. The highest BCUT2D eigenvalue weighted by molar-refractivity contribution is 7.86. The molecular weight excluding hydrogens is 506 g/mol. The van der Waals surface area contributed by atoms with Crippen molar-refractivity contribution in [1.82, 2.24) is 25.0 Å². The third kappa shape index (κ3) is 7.12. The minimum atomic E-state index is -1.52. The zero-order valence-corrected chi connectivity index (χ0v) is 23.1. The lowest BCUT2D eigenvalue weighted by molar-refractivity contribution is -0.181. The largest absolute Gasteiger partial charge is 0.354 e. The number of hydroxylamine groups is 1. The van der Waals surface area contributed by atoms with Gasteiger partial charge in [0.05, 0.1) is 12.7 Å². The Kier molecular flexibility index (Phi) is 10.3. The van der Waals surface area contributed by atoms with Gasteiger partial charge in [0.1, 0.15) is 10.4 Å². The average molecular weight is 542 g/mol. The number of benzene rings is 1. The number of methoxy groups -OCH3 is 1. The van der Waals surface area contributed by atoms with Crippen LogP contribution in [0.2, 0.25) is 0 Å². The minimum Gasteiger partial charge on any atom is -0.354 e. The number of carbonyl (C=O) groups excluding carboxylic acids is 1. The molecule has 1 N–H and O–H groups in total. The second kappa shape index (κ2) is 13.4. The highest BCUT2D eigenvalue weighted by Gasteiger charge is 2.38. The van der Waals surface area contributed by atoms with Crippen LogP contribution in [0, 0.1) is 0 Å². The molecule has 2 heterocycles. The molecule has 0 saturated carbocycles. The molecule has 2 aromatic heterocycles. The van der Waals surface area contributed by atoms with Crippen molar-refractivity contribution in [2.75, 3.05) is 13.4 Å². The van der Waals surface area contributed by atoms with Gasteiger partial charge in [-0.25, -0.2) is 15.0 Å². The first-order chi connectivity index (χ1) is 18.2.